The third-order valence-electron chi connectivity index (χ3n) is 3.50. The summed E-state index contributed by atoms with van der Waals surface area (Å²) in [6.45, 7) is 9.86. The molecule has 82 valence electrons. The molecule has 0 aromatic heterocycles. The molecule has 3 nitrogen and oxygen atoms in total. The molecule has 2 fully saturated rings. The first-order chi connectivity index (χ1) is 6.79. The van der Waals surface area contributed by atoms with Crippen molar-refractivity contribution in [2.45, 2.75) is 32.4 Å². The zero-order valence-electron chi connectivity index (χ0n) is 9.33. The third-order valence-corrected chi connectivity index (χ3v) is 3.50. The van der Waals surface area contributed by atoms with Gasteiger partial charge in [0.15, 0.2) is 0 Å². The summed E-state index contributed by atoms with van der Waals surface area (Å²) in [5.41, 5.74) is 0. The van der Waals surface area contributed by atoms with Crippen molar-refractivity contribution < 1.29 is 4.74 Å². The summed E-state index contributed by atoms with van der Waals surface area (Å²) >= 11 is 0. The van der Waals surface area contributed by atoms with Crippen LogP contribution in [0.2, 0.25) is 0 Å². The molecule has 0 spiro atoms. The number of ether oxygens (including phenoxy) is 1. The molecule has 2 unspecified atom stereocenters. The number of nitrogens with one attached hydrogen (secondary N) is 1. The van der Waals surface area contributed by atoms with Crippen LogP contribution in [0.4, 0.5) is 0 Å². The highest BCUT2D eigenvalue weighted by atomic mass is 16.5. The molecular weight excluding hydrogens is 176 g/mol. The Labute approximate surface area is 86.8 Å². The Kier molecular flexibility index (Phi) is 3.42. The fourth-order valence-corrected chi connectivity index (χ4v) is 2.69. The monoisotopic (exact) mass is 198 g/mol. The summed E-state index contributed by atoms with van der Waals surface area (Å²) < 4.78 is 5.67. The minimum absolute atomic E-state index is 0.643. The lowest BCUT2D eigenvalue weighted by molar-refractivity contribution is 0.0918. The molecule has 2 atom stereocenters. The summed E-state index contributed by atoms with van der Waals surface area (Å²) in [5, 5.41) is 3.50. The number of fused-ring (bicyclic) bond motifs is 1. The van der Waals surface area contributed by atoms with Gasteiger partial charge >= 0.3 is 0 Å². The van der Waals surface area contributed by atoms with Crippen LogP contribution >= 0.6 is 0 Å². The van der Waals surface area contributed by atoms with E-state index in [2.05, 4.69) is 24.1 Å². The Hall–Kier alpha value is -0.120. The van der Waals surface area contributed by atoms with Gasteiger partial charge < -0.3 is 10.1 Å². The van der Waals surface area contributed by atoms with Crippen LogP contribution in [-0.4, -0.2) is 49.8 Å². The number of rotatable bonds is 1. The summed E-state index contributed by atoms with van der Waals surface area (Å²) in [6.07, 6.45) is 1.27. The van der Waals surface area contributed by atoms with Gasteiger partial charge in [0.25, 0.3) is 0 Å². The van der Waals surface area contributed by atoms with Crippen LogP contribution in [0.3, 0.4) is 0 Å². The van der Waals surface area contributed by atoms with Crippen molar-refractivity contribution in [2.75, 3.05) is 32.8 Å². The van der Waals surface area contributed by atoms with Crippen molar-refractivity contribution >= 4 is 0 Å². The maximum atomic E-state index is 5.67. The molecular formula is C11H22N2O. The van der Waals surface area contributed by atoms with Gasteiger partial charge in [0.1, 0.15) is 0 Å². The summed E-state index contributed by atoms with van der Waals surface area (Å²) in [4.78, 5) is 2.60. The lowest BCUT2D eigenvalue weighted by atomic mass is 9.92. The average Bonchev–Trinajstić information content (AvgIpc) is 2.39. The van der Waals surface area contributed by atoms with E-state index in [4.69, 9.17) is 4.74 Å². The van der Waals surface area contributed by atoms with Gasteiger partial charge in [0, 0.05) is 31.1 Å². The molecule has 2 aliphatic heterocycles. The maximum Gasteiger partial charge on any atom is 0.0593 e. The van der Waals surface area contributed by atoms with Crippen LogP contribution < -0.4 is 5.32 Å². The minimum Gasteiger partial charge on any atom is -0.380 e. The van der Waals surface area contributed by atoms with Gasteiger partial charge in [0.05, 0.1) is 13.2 Å². The predicted molar refractivity (Wildman–Crippen MR) is 57.4 cm³/mol. The summed E-state index contributed by atoms with van der Waals surface area (Å²) in [5.74, 6) is 0.751. The van der Waals surface area contributed by atoms with E-state index >= 15 is 0 Å². The van der Waals surface area contributed by atoms with Gasteiger partial charge in [0.2, 0.25) is 0 Å². The first kappa shape index (κ1) is 10.4. The van der Waals surface area contributed by atoms with Gasteiger partial charge in [-0.1, -0.05) is 0 Å². The number of piperidine rings is 1. The number of nitrogens with zero attached hydrogens (tertiary/aromatic N) is 1. The molecule has 0 aromatic carbocycles. The van der Waals surface area contributed by atoms with Gasteiger partial charge in [-0.05, 0) is 26.8 Å². The molecule has 2 heterocycles. The smallest absolute Gasteiger partial charge is 0.0593 e. The van der Waals surface area contributed by atoms with E-state index in [9.17, 15) is 0 Å². The number of hydrogen-bond donors (Lipinski definition) is 1. The SMILES string of the molecule is CC(C)N1CCOCC2CCNCC21. The van der Waals surface area contributed by atoms with Crippen molar-refractivity contribution in [1.82, 2.24) is 10.2 Å². The van der Waals surface area contributed by atoms with E-state index in [0.29, 0.717) is 12.1 Å². The van der Waals surface area contributed by atoms with Crippen LogP contribution in [0.1, 0.15) is 20.3 Å². The Bertz CT molecular complexity index is 184. The van der Waals surface area contributed by atoms with Crippen LogP contribution in [0.15, 0.2) is 0 Å². The van der Waals surface area contributed by atoms with Crippen LogP contribution in [0, 0.1) is 5.92 Å². The Morgan fingerprint density at radius 2 is 2.29 bits per heavy atom. The standard InChI is InChI=1S/C11H22N2O/c1-9(2)13-5-6-14-8-10-3-4-12-7-11(10)13/h9-12H,3-8H2,1-2H3. The van der Waals surface area contributed by atoms with Crippen molar-refractivity contribution in [2.24, 2.45) is 5.92 Å². The third kappa shape index (κ3) is 2.10. The Morgan fingerprint density at radius 3 is 3.07 bits per heavy atom. The van der Waals surface area contributed by atoms with Gasteiger partial charge in [-0.3, -0.25) is 4.90 Å². The normalized spacial score (nSPS) is 35.4. The van der Waals surface area contributed by atoms with Gasteiger partial charge in [-0.15, -0.1) is 0 Å². The molecule has 0 aromatic rings. The van der Waals surface area contributed by atoms with E-state index in [0.717, 1.165) is 38.8 Å². The first-order valence-electron chi connectivity index (χ1n) is 5.83. The van der Waals surface area contributed by atoms with E-state index in [1.807, 2.05) is 0 Å². The molecule has 0 bridgehead atoms. The highest BCUT2D eigenvalue weighted by Gasteiger charge is 2.33. The first-order valence-corrected chi connectivity index (χ1v) is 5.83. The van der Waals surface area contributed by atoms with Crippen molar-refractivity contribution in [3.8, 4) is 0 Å². The zero-order valence-corrected chi connectivity index (χ0v) is 9.33. The van der Waals surface area contributed by atoms with E-state index in [-0.39, 0.29) is 0 Å². The van der Waals surface area contributed by atoms with Crippen LogP contribution in [0.5, 0.6) is 0 Å². The second-order valence-electron chi connectivity index (χ2n) is 4.73. The fourth-order valence-electron chi connectivity index (χ4n) is 2.69. The van der Waals surface area contributed by atoms with Crippen LogP contribution in [-0.2, 0) is 4.74 Å². The average molecular weight is 198 g/mol. The number of hydrogen-bond acceptors (Lipinski definition) is 3. The van der Waals surface area contributed by atoms with Crippen molar-refractivity contribution in [1.29, 1.82) is 0 Å². The van der Waals surface area contributed by atoms with E-state index < -0.39 is 0 Å². The highest BCUT2D eigenvalue weighted by molar-refractivity contribution is 4.88. The second kappa shape index (κ2) is 4.60. The Morgan fingerprint density at radius 1 is 1.43 bits per heavy atom. The molecule has 1 N–H and O–H groups in total. The molecule has 0 amide bonds. The molecule has 3 heteroatoms. The van der Waals surface area contributed by atoms with E-state index in [1.165, 1.54) is 6.42 Å². The minimum atomic E-state index is 0.643. The van der Waals surface area contributed by atoms with Crippen molar-refractivity contribution in [3.63, 3.8) is 0 Å². The molecule has 0 radical (unpaired) electrons. The quantitative estimate of drug-likeness (QED) is 0.671. The largest absolute Gasteiger partial charge is 0.380 e. The predicted octanol–water partition coefficient (Wildman–Crippen LogP) is 0.705. The van der Waals surface area contributed by atoms with E-state index in [1.54, 1.807) is 0 Å². The molecule has 2 aliphatic rings. The summed E-state index contributed by atoms with van der Waals surface area (Å²) in [6, 6.07) is 1.34. The molecule has 0 saturated carbocycles. The van der Waals surface area contributed by atoms with Crippen molar-refractivity contribution in [3.05, 3.63) is 0 Å². The molecule has 2 saturated heterocycles. The van der Waals surface area contributed by atoms with Gasteiger partial charge in [-0.2, -0.15) is 0 Å². The Balaban J connectivity index is 2.06. The maximum absolute atomic E-state index is 5.67. The second-order valence-corrected chi connectivity index (χ2v) is 4.73. The lowest BCUT2D eigenvalue weighted by Crippen LogP contribution is -2.53. The zero-order chi connectivity index (χ0) is 9.97. The molecule has 0 aliphatic carbocycles. The lowest BCUT2D eigenvalue weighted by Gasteiger charge is -2.40. The molecule has 2 rings (SSSR count). The fraction of sp³-hybridized carbons (Fsp3) is 1.00. The van der Waals surface area contributed by atoms with Crippen LogP contribution in [0.25, 0.3) is 0 Å². The topological polar surface area (TPSA) is 24.5 Å². The van der Waals surface area contributed by atoms with Gasteiger partial charge in [-0.25, -0.2) is 0 Å². The molecule has 14 heavy (non-hydrogen) atoms. The summed E-state index contributed by atoms with van der Waals surface area (Å²) in [7, 11) is 0. The highest BCUT2D eigenvalue weighted by Crippen LogP contribution is 2.22.